The third kappa shape index (κ3) is 4.65. The quantitative estimate of drug-likeness (QED) is 0.486. The number of hydrazine groups is 1. The number of hydrogen-bond donors (Lipinski definition) is 3. The Morgan fingerprint density at radius 3 is 2.68 bits per heavy atom. The molecule has 1 rings (SSSR count). The summed E-state index contributed by atoms with van der Waals surface area (Å²) in [6.45, 7) is 7.25. The number of nitrogen functional groups attached to an aromatic ring is 1. The van der Waals surface area contributed by atoms with Gasteiger partial charge >= 0.3 is 0 Å². The predicted octanol–water partition coefficient (Wildman–Crippen LogP) is 1.31. The van der Waals surface area contributed by atoms with Gasteiger partial charge in [0.25, 0.3) is 0 Å². The Balaban J connectivity index is 3.02. The average molecular weight is 267 g/mol. The topological polar surface area (TPSA) is 87.3 Å². The molecule has 108 valence electrons. The molecule has 0 bridgehead atoms. The summed E-state index contributed by atoms with van der Waals surface area (Å²) in [7, 11) is 0. The van der Waals surface area contributed by atoms with E-state index in [1.807, 2.05) is 6.07 Å². The van der Waals surface area contributed by atoms with Gasteiger partial charge in [-0.05, 0) is 26.7 Å². The SMILES string of the molecule is CCCc1nc(NN)cc(N(CCCO)C(C)C)n1. The van der Waals surface area contributed by atoms with Crippen LogP contribution >= 0.6 is 0 Å². The standard InChI is InChI=1S/C13H25N5O/c1-4-6-11-15-12(17-14)9-13(16-11)18(10(2)3)7-5-8-19/h9-10,19H,4-8,14H2,1-3H3,(H,15,16,17). The summed E-state index contributed by atoms with van der Waals surface area (Å²) in [6.07, 6.45) is 2.54. The fourth-order valence-corrected chi connectivity index (χ4v) is 1.92. The van der Waals surface area contributed by atoms with Crippen LogP contribution in [-0.2, 0) is 6.42 Å². The van der Waals surface area contributed by atoms with Crippen LogP contribution < -0.4 is 16.2 Å². The van der Waals surface area contributed by atoms with Gasteiger partial charge < -0.3 is 15.4 Å². The lowest BCUT2D eigenvalue weighted by molar-refractivity contribution is 0.288. The largest absolute Gasteiger partial charge is 0.396 e. The second kappa shape index (κ2) is 7.91. The maximum Gasteiger partial charge on any atom is 0.145 e. The van der Waals surface area contributed by atoms with E-state index in [1.54, 1.807) is 0 Å². The van der Waals surface area contributed by atoms with E-state index in [4.69, 9.17) is 10.9 Å². The average Bonchev–Trinajstić information content (AvgIpc) is 2.39. The number of nitrogens with one attached hydrogen (secondary N) is 1. The first-order chi connectivity index (χ1) is 9.12. The normalized spacial score (nSPS) is 10.8. The van der Waals surface area contributed by atoms with Crippen molar-refractivity contribution >= 4 is 11.6 Å². The summed E-state index contributed by atoms with van der Waals surface area (Å²) in [5, 5.41) is 8.99. The van der Waals surface area contributed by atoms with E-state index in [-0.39, 0.29) is 6.61 Å². The van der Waals surface area contributed by atoms with Crippen LogP contribution in [-0.4, -0.2) is 34.3 Å². The van der Waals surface area contributed by atoms with Crippen molar-refractivity contribution in [1.82, 2.24) is 9.97 Å². The molecular formula is C13H25N5O. The molecule has 0 atom stereocenters. The molecule has 0 saturated heterocycles. The fraction of sp³-hybridized carbons (Fsp3) is 0.692. The van der Waals surface area contributed by atoms with Crippen LogP contribution in [0.5, 0.6) is 0 Å². The summed E-state index contributed by atoms with van der Waals surface area (Å²) in [5.41, 5.74) is 2.59. The molecule has 0 aliphatic carbocycles. The number of anilines is 2. The second-order valence-electron chi connectivity index (χ2n) is 4.79. The van der Waals surface area contributed by atoms with Crippen LogP contribution in [0, 0.1) is 0 Å². The van der Waals surface area contributed by atoms with Crippen molar-refractivity contribution < 1.29 is 5.11 Å². The smallest absolute Gasteiger partial charge is 0.145 e. The molecule has 1 aromatic rings. The van der Waals surface area contributed by atoms with E-state index in [9.17, 15) is 0 Å². The number of hydrogen-bond acceptors (Lipinski definition) is 6. The molecule has 0 aromatic carbocycles. The Morgan fingerprint density at radius 2 is 2.16 bits per heavy atom. The zero-order valence-electron chi connectivity index (χ0n) is 12.1. The lowest BCUT2D eigenvalue weighted by Crippen LogP contribution is -2.33. The Kier molecular flexibility index (Phi) is 6.52. The minimum atomic E-state index is 0.179. The molecular weight excluding hydrogens is 242 g/mol. The first kappa shape index (κ1) is 15.7. The molecule has 6 heteroatoms. The minimum Gasteiger partial charge on any atom is -0.396 e. The monoisotopic (exact) mass is 267 g/mol. The molecule has 0 aliphatic rings. The summed E-state index contributed by atoms with van der Waals surface area (Å²) < 4.78 is 0. The summed E-state index contributed by atoms with van der Waals surface area (Å²) in [5.74, 6) is 7.74. The van der Waals surface area contributed by atoms with Crippen molar-refractivity contribution in [2.24, 2.45) is 5.84 Å². The van der Waals surface area contributed by atoms with Gasteiger partial charge in [-0.2, -0.15) is 0 Å². The van der Waals surface area contributed by atoms with Crippen molar-refractivity contribution in [2.75, 3.05) is 23.5 Å². The number of aliphatic hydroxyl groups is 1. The van der Waals surface area contributed by atoms with Crippen molar-refractivity contribution in [3.63, 3.8) is 0 Å². The van der Waals surface area contributed by atoms with Crippen LogP contribution in [0.2, 0.25) is 0 Å². The van der Waals surface area contributed by atoms with Gasteiger partial charge in [0.05, 0.1) is 0 Å². The van der Waals surface area contributed by atoms with Gasteiger partial charge in [-0.3, -0.25) is 0 Å². The first-order valence-corrected chi connectivity index (χ1v) is 6.84. The molecule has 19 heavy (non-hydrogen) atoms. The highest BCUT2D eigenvalue weighted by atomic mass is 16.3. The zero-order valence-corrected chi connectivity index (χ0v) is 12.1. The van der Waals surface area contributed by atoms with E-state index in [1.165, 1.54) is 0 Å². The number of nitrogens with two attached hydrogens (primary N) is 1. The Labute approximate surface area is 115 Å². The van der Waals surface area contributed by atoms with Crippen LogP contribution in [0.3, 0.4) is 0 Å². The summed E-state index contributed by atoms with van der Waals surface area (Å²) >= 11 is 0. The van der Waals surface area contributed by atoms with E-state index in [0.717, 1.165) is 37.4 Å². The van der Waals surface area contributed by atoms with Gasteiger partial charge in [-0.15, -0.1) is 0 Å². The molecule has 0 saturated carbocycles. The lowest BCUT2D eigenvalue weighted by atomic mass is 10.2. The maximum atomic E-state index is 8.99. The van der Waals surface area contributed by atoms with Gasteiger partial charge in [-0.25, -0.2) is 15.8 Å². The number of aliphatic hydroxyl groups excluding tert-OH is 1. The summed E-state index contributed by atoms with van der Waals surface area (Å²) in [4.78, 5) is 11.1. The minimum absolute atomic E-state index is 0.179. The molecule has 6 nitrogen and oxygen atoms in total. The molecule has 0 unspecified atom stereocenters. The van der Waals surface area contributed by atoms with Crippen LogP contribution in [0.1, 0.15) is 39.4 Å². The second-order valence-corrected chi connectivity index (χ2v) is 4.79. The van der Waals surface area contributed by atoms with E-state index in [0.29, 0.717) is 11.9 Å². The first-order valence-electron chi connectivity index (χ1n) is 6.84. The molecule has 0 radical (unpaired) electrons. The van der Waals surface area contributed by atoms with Gasteiger partial charge in [0.15, 0.2) is 0 Å². The molecule has 0 aliphatic heterocycles. The van der Waals surface area contributed by atoms with Crippen molar-refractivity contribution in [3.8, 4) is 0 Å². The zero-order chi connectivity index (χ0) is 14.3. The van der Waals surface area contributed by atoms with Crippen LogP contribution in [0.15, 0.2) is 6.07 Å². The van der Waals surface area contributed by atoms with Crippen molar-refractivity contribution in [1.29, 1.82) is 0 Å². The van der Waals surface area contributed by atoms with E-state index < -0.39 is 0 Å². The van der Waals surface area contributed by atoms with Crippen molar-refractivity contribution in [2.45, 2.75) is 46.1 Å². The van der Waals surface area contributed by atoms with Gasteiger partial charge in [-0.1, -0.05) is 6.92 Å². The van der Waals surface area contributed by atoms with Crippen molar-refractivity contribution in [3.05, 3.63) is 11.9 Å². The van der Waals surface area contributed by atoms with Gasteiger partial charge in [0, 0.05) is 31.7 Å². The number of aromatic nitrogens is 2. The highest BCUT2D eigenvalue weighted by molar-refractivity contribution is 5.49. The Morgan fingerprint density at radius 1 is 1.42 bits per heavy atom. The number of rotatable bonds is 8. The Hall–Kier alpha value is -1.40. The molecule has 1 aromatic heterocycles. The van der Waals surface area contributed by atoms with E-state index in [2.05, 4.69) is 41.1 Å². The molecule has 0 amide bonds. The van der Waals surface area contributed by atoms with Gasteiger partial charge in [0.2, 0.25) is 0 Å². The highest BCUT2D eigenvalue weighted by Crippen LogP contribution is 2.19. The molecule has 0 spiro atoms. The predicted molar refractivity (Wildman–Crippen MR) is 78.0 cm³/mol. The van der Waals surface area contributed by atoms with Crippen LogP contribution in [0.4, 0.5) is 11.6 Å². The number of aryl methyl sites for hydroxylation is 1. The van der Waals surface area contributed by atoms with Gasteiger partial charge in [0.1, 0.15) is 17.5 Å². The summed E-state index contributed by atoms with van der Waals surface area (Å²) in [6, 6.07) is 2.15. The lowest BCUT2D eigenvalue weighted by Gasteiger charge is -2.28. The number of nitrogens with zero attached hydrogens (tertiary/aromatic N) is 3. The van der Waals surface area contributed by atoms with Crippen LogP contribution in [0.25, 0.3) is 0 Å². The molecule has 0 fully saturated rings. The maximum absolute atomic E-state index is 8.99. The third-order valence-electron chi connectivity index (χ3n) is 2.86. The Bertz CT molecular complexity index is 383. The highest BCUT2D eigenvalue weighted by Gasteiger charge is 2.14. The third-order valence-corrected chi connectivity index (χ3v) is 2.86. The van der Waals surface area contributed by atoms with E-state index >= 15 is 0 Å². The molecule has 4 N–H and O–H groups in total. The fourth-order valence-electron chi connectivity index (χ4n) is 1.92. The molecule has 1 heterocycles.